The largest absolute Gasteiger partial charge is 0.492 e. The highest BCUT2D eigenvalue weighted by Gasteiger charge is 2.78. The lowest BCUT2D eigenvalue weighted by Gasteiger charge is -2.48. The van der Waals surface area contributed by atoms with E-state index in [4.69, 9.17) is 0 Å². The lowest BCUT2D eigenvalue weighted by Crippen LogP contribution is -2.19. The number of ether oxygens (including phenoxy) is 2. The molecule has 0 heterocycles. The lowest BCUT2D eigenvalue weighted by atomic mass is 10.3. The van der Waals surface area contributed by atoms with Gasteiger partial charge in [0.1, 0.15) is 11.5 Å². The summed E-state index contributed by atoms with van der Waals surface area (Å²) in [6.07, 6.45) is 0.301. The molecule has 0 N–H and O–H groups in total. The van der Waals surface area contributed by atoms with Gasteiger partial charge in [0.2, 0.25) is 0 Å². The van der Waals surface area contributed by atoms with Crippen molar-refractivity contribution >= 4 is 20.4 Å². The first-order chi connectivity index (χ1) is 11.1. The molecule has 0 saturated heterocycles. The van der Waals surface area contributed by atoms with E-state index in [2.05, 4.69) is 9.47 Å². The van der Waals surface area contributed by atoms with Gasteiger partial charge in [-0.15, -0.1) is 0 Å². The molecular formula is C12H16F10O2S2. The summed E-state index contributed by atoms with van der Waals surface area (Å²) in [5.74, 6) is -4.07. The van der Waals surface area contributed by atoms with Crippen LogP contribution in [0.1, 0.15) is 26.7 Å². The molecule has 158 valence electrons. The van der Waals surface area contributed by atoms with Crippen LogP contribution in [0.25, 0.3) is 0 Å². The molecule has 26 heavy (non-hydrogen) atoms. The van der Waals surface area contributed by atoms with E-state index in [9.17, 15) is 38.9 Å². The average Bonchev–Trinajstić information content (AvgIpc) is 2.34. The minimum absolute atomic E-state index is 0.00128. The van der Waals surface area contributed by atoms with E-state index in [1.807, 2.05) is 0 Å². The van der Waals surface area contributed by atoms with Crippen LogP contribution in [0.5, 0.6) is 11.5 Å². The van der Waals surface area contributed by atoms with Crippen molar-refractivity contribution in [2.24, 2.45) is 0 Å². The minimum atomic E-state index is -11.3. The Hall–Kier alpha value is -1.18. The molecule has 0 bridgehead atoms. The Bertz CT molecular complexity index is 697. The Kier molecular flexibility index (Phi) is 4.58. The molecule has 0 radical (unpaired) electrons. The van der Waals surface area contributed by atoms with Crippen LogP contribution in [0.3, 0.4) is 0 Å². The predicted molar refractivity (Wildman–Crippen MR) is 80.8 cm³/mol. The zero-order valence-electron chi connectivity index (χ0n) is 13.4. The van der Waals surface area contributed by atoms with Gasteiger partial charge in [0.05, 0.1) is 13.2 Å². The smallest absolute Gasteiger partial charge is 0.315 e. The molecule has 2 nitrogen and oxygen atoms in total. The van der Waals surface area contributed by atoms with Crippen LogP contribution in [0.4, 0.5) is 38.9 Å². The first kappa shape index (κ1) is 22.9. The van der Waals surface area contributed by atoms with Gasteiger partial charge in [-0.1, -0.05) is 52.2 Å². The van der Waals surface area contributed by atoms with Crippen LogP contribution in [-0.4, -0.2) is 13.2 Å². The third kappa shape index (κ3) is 5.66. The van der Waals surface area contributed by atoms with Crippen LogP contribution in [0.2, 0.25) is 0 Å². The maximum atomic E-state index is 13.3. The van der Waals surface area contributed by atoms with Gasteiger partial charge in [-0.2, -0.15) is 0 Å². The quantitative estimate of drug-likeness (QED) is 0.294. The number of hydrogen-bond donors (Lipinski definition) is 0. The molecule has 14 heteroatoms. The zero-order chi connectivity index (χ0) is 20.8. The fourth-order valence-electron chi connectivity index (χ4n) is 1.97. The zero-order valence-corrected chi connectivity index (χ0v) is 15.0. The van der Waals surface area contributed by atoms with Crippen LogP contribution in [0, 0.1) is 0 Å². The van der Waals surface area contributed by atoms with Crippen LogP contribution < -0.4 is 9.47 Å². The Balaban J connectivity index is 4.04. The summed E-state index contributed by atoms with van der Waals surface area (Å²) in [4.78, 5) is -7.63. The van der Waals surface area contributed by atoms with Crippen molar-refractivity contribution in [1.29, 1.82) is 0 Å². The van der Waals surface area contributed by atoms with E-state index in [0.717, 1.165) is 6.92 Å². The molecule has 0 saturated carbocycles. The summed E-state index contributed by atoms with van der Waals surface area (Å²) in [7, 11) is -22.5. The van der Waals surface area contributed by atoms with E-state index in [0.29, 0.717) is 6.42 Å². The fraction of sp³-hybridized carbons (Fsp3) is 0.500. The van der Waals surface area contributed by atoms with Crippen LogP contribution in [0.15, 0.2) is 21.9 Å². The van der Waals surface area contributed by atoms with Crippen molar-refractivity contribution in [3.63, 3.8) is 0 Å². The van der Waals surface area contributed by atoms with E-state index in [-0.39, 0.29) is 18.6 Å². The molecule has 1 rings (SSSR count). The van der Waals surface area contributed by atoms with Crippen molar-refractivity contribution < 1.29 is 48.3 Å². The lowest BCUT2D eigenvalue weighted by molar-refractivity contribution is 0.269. The van der Waals surface area contributed by atoms with Crippen molar-refractivity contribution in [2.75, 3.05) is 13.2 Å². The summed E-state index contributed by atoms with van der Waals surface area (Å²) in [6.45, 7) is 1.08. The van der Waals surface area contributed by atoms with Crippen molar-refractivity contribution in [3.8, 4) is 11.5 Å². The summed E-state index contributed by atoms with van der Waals surface area (Å²) < 4.78 is 142. The third-order valence-corrected chi connectivity index (χ3v) is 5.35. The van der Waals surface area contributed by atoms with Gasteiger partial charge in [0.25, 0.3) is 0 Å². The molecule has 0 aliphatic heterocycles. The van der Waals surface area contributed by atoms with Gasteiger partial charge < -0.3 is 9.47 Å². The Labute approximate surface area is 142 Å². The molecule has 0 fully saturated rings. The molecule has 0 aromatic heterocycles. The van der Waals surface area contributed by atoms with Crippen molar-refractivity contribution in [2.45, 2.75) is 36.5 Å². The monoisotopic (exact) mass is 446 g/mol. The van der Waals surface area contributed by atoms with Gasteiger partial charge in [-0.3, -0.25) is 0 Å². The van der Waals surface area contributed by atoms with Crippen LogP contribution in [-0.2, 0) is 0 Å². The van der Waals surface area contributed by atoms with Gasteiger partial charge in [0, 0.05) is 0 Å². The Morgan fingerprint density at radius 1 is 0.692 bits per heavy atom. The van der Waals surface area contributed by atoms with Gasteiger partial charge in [-0.25, -0.2) is 0 Å². The molecule has 0 spiro atoms. The number of hydrogen-bond acceptors (Lipinski definition) is 2. The molecular weight excluding hydrogens is 430 g/mol. The Morgan fingerprint density at radius 2 is 1.08 bits per heavy atom. The molecule has 0 atom stereocenters. The van der Waals surface area contributed by atoms with Gasteiger partial charge >= 0.3 is 20.4 Å². The fourth-order valence-corrected chi connectivity index (χ4v) is 4.83. The second kappa shape index (κ2) is 5.20. The topological polar surface area (TPSA) is 18.5 Å². The van der Waals surface area contributed by atoms with E-state index in [1.54, 1.807) is 0 Å². The van der Waals surface area contributed by atoms with Crippen molar-refractivity contribution in [3.05, 3.63) is 12.1 Å². The highest BCUT2D eigenvalue weighted by Crippen LogP contribution is 3.10. The standard InChI is InChI=1S/C12H16F10O2S2/c1-3-5-8-24-10-7-6-9(23-4-2)11(25(13,14,15,16)17)12(10)26(18,19,20,21)22/h6-7H,3-5,8H2,1-2H3. The molecule has 0 unspecified atom stereocenters. The molecule has 0 aliphatic carbocycles. The summed E-state index contributed by atoms with van der Waals surface area (Å²) in [5, 5.41) is 0. The third-order valence-electron chi connectivity index (χ3n) is 2.87. The number of halogens is 10. The highest BCUT2D eigenvalue weighted by molar-refractivity contribution is 8.48. The van der Waals surface area contributed by atoms with Gasteiger partial charge in [-0.05, 0) is 25.5 Å². The number of benzene rings is 1. The maximum Gasteiger partial charge on any atom is 0.315 e. The molecule has 1 aromatic rings. The second-order valence-electron chi connectivity index (χ2n) is 5.29. The normalized spacial score (nSPS) is 18.3. The first-order valence-electron chi connectivity index (χ1n) is 7.01. The second-order valence-corrected chi connectivity index (χ2v) is 9.99. The summed E-state index contributed by atoms with van der Waals surface area (Å²) in [6, 6.07) is 0.214. The van der Waals surface area contributed by atoms with Gasteiger partial charge in [0.15, 0.2) is 9.79 Å². The first-order valence-corrected chi connectivity index (χ1v) is 10.9. The SMILES string of the molecule is CCCCOc1ccc(OCC)c(S(F)(F)(F)(F)F)c1S(F)(F)(F)(F)F. The molecule has 1 aromatic carbocycles. The highest BCUT2D eigenvalue weighted by atomic mass is 32.5. The molecule has 0 aliphatic rings. The number of rotatable bonds is 8. The summed E-state index contributed by atoms with van der Waals surface area (Å²) in [5.41, 5.74) is 0. The van der Waals surface area contributed by atoms with Crippen molar-refractivity contribution in [1.82, 2.24) is 0 Å². The summed E-state index contributed by atoms with van der Waals surface area (Å²) >= 11 is 0. The minimum Gasteiger partial charge on any atom is -0.492 e. The van der Waals surface area contributed by atoms with Crippen LogP contribution >= 0.6 is 20.4 Å². The van der Waals surface area contributed by atoms with E-state index in [1.165, 1.54) is 6.92 Å². The predicted octanol–water partition coefficient (Wildman–Crippen LogP) is 8.58. The Morgan fingerprint density at radius 3 is 1.38 bits per heavy atom. The maximum absolute atomic E-state index is 13.3. The van der Waals surface area contributed by atoms with E-state index < -0.39 is 55.0 Å². The van der Waals surface area contributed by atoms with E-state index >= 15 is 0 Å². The number of unbranched alkanes of at least 4 members (excludes halogenated alkanes) is 1. The average molecular weight is 446 g/mol. The molecule has 0 amide bonds.